The number of carbonyl (C=O) groups is 2. The van der Waals surface area contributed by atoms with Crippen molar-refractivity contribution in [3.8, 4) is 0 Å². The Kier molecular flexibility index (Phi) is 4.83. The van der Waals surface area contributed by atoms with E-state index in [1.54, 1.807) is 0 Å². The number of benzene rings is 1. The predicted molar refractivity (Wildman–Crippen MR) is 99.7 cm³/mol. The van der Waals surface area contributed by atoms with Crippen molar-refractivity contribution in [1.29, 1.82) is 0 Å². The van der Waals surface area contributed by atoms with Crippen LogP contribution in [0.2, 0.25) is 0 Å². The zero-order valence-corrected chi connectivity index (χ0v) is 15.6. The van der Waals surface area contributed by atoms with Crippen molar-refractivity contribution in [1.82, 2.24) is 10.2 Å². The molecule has 1 fully saturated rings. The van der Waals surface area contributed by atoms with Gasteiger partial charge in [-0.1, -0.05) is 30.3 Å². The largest absolute Gasteiger partial charge is 0.338 e. The normalized spacial score (nSPS) is 28.0. The predicted octanol–water partition coefficient (Wildman–Crippen LogP) is 2.93. The number of nitrogens with one attached hydrogen (secondary N) is 1. The van der Waals surface area contributed by atoms with Crippen LogP contribution in [0.4, 0.5) is 0 Å². The van der Waals surface area contributed by atoms with Gasteiger partial charge in [-0.15, -0.1) is 0 Å². The van der Waals surface area contributed by atoms with Crippen molar-refractivity contribution in [2.45, 2.75) is 45.1 Å². The Bertz CT molecular complexity index is 701. The lowest BCUT2D eigenvalue weighted by Gasteiger charge is -2.43. The van der Waals surface area contributed by atoms with Crippen LogP contribution in [0.15, 0.2) is 35.9 Å². The number of rotatable bonds is 3. The van der Waals surface area contributed by atoms with Gasteiger partial charge in [-0.25, -0.2) is 0 Å². The Hall–Kier alpha value is -1.94. The molecule has 2 unspecified atom stereocenters. The molecule has 0 spiro atoms. The second-order valence-corrected chi connectivity index (χ2v) is 7.67. The maximum absolute atomic E-state index is 12.7. The van der Waals surface area contributed by atoms with E-state index in [0.29, 0.717) is 0 Å². The summed E-state index contributed by atoms with van der Waals surface area (Å²) in [6.45, 7) is 7.96. The van der Waals surface area contributed by atoms with E-state index < -0.39 is 0 Å². The first-order chi connectivity index (χ1) is 11.8. The van der Waals surface area contributed by atoms with E-state index in [2.05, 4.69) is 37.4 Å². The van der Waals surface area contributed by atoms with E-state index in [1.807, 2.05) is 31.0 Å². The van der Waals surface area contributed by atoms with Gasteiger partial charge in [0.25, 0.3) is 0 Å². The average Bonchev–Trinajstić information content (AvgIpc) is 2.65. The van der Waals surface area contributed by atoms with Crippen LogP contribution in [-0.4, -0.2) is 42.8 Å². The molecule has 1 N–H and O–H groups in total. The monoisotopic (exact) mass is 340 g/mol. The summed E-state index contributed by atoms with van der Waals surface area (Å²) in [5, 5.41) is 3.30. The molecular formula is C21H28N2O2. The topological polar surface area (TPSA) is 49.4 Å². The number of ketones is 1. The molecule has 2 atom stereocenters. The van der Waals surface area contributed by atoms with E-state index >= 15 is 0 Å². The Morgan fingerprint density at radius 3 is 2.40 bits per heavy atom. The van der Waals surface area contributed by atoms with Gasteiger partial charge in [-0.2, -0.15) is 0 Å². The number of likely N-dealkylation sites (N-methyl/N-ethyl adjacent to an activating group) is 1. The third-order valence-corrected chi connectivity index (χ3v) is 6.12. The summed E-state index contributed by atoms with van der Waals surface area (Å²) in [5.74, 6) is 0.485. The lowest BCUT2D eigenvalue weighted by Crippen LogP contribution is -2.51. The number of Topliss-reactive ketones (excluding diaryl/α,β-unsaturated/α-hetero) is 1. The second-order valence-electron chi connectivity index (χ2n) is 7.67. The average molecular weight is 340 g/mol. The zero-order chi connectivity index (χ0) is 18.2. The fourth-order valence-corrected chi connectivity index (χ4v) is 4.13. The van der Waals surface area contributed by atoms with Gasteiger partial charge in [0.2, 0.25) is 5.91 Å². The van der Waals surface area contributed by atoms with E-state index in [0.717, 1.165) is 42.6 Å². The van der Waals surface area contributed by atoms with Crippen LogP contribution in [0.3, 0.4) is 0 Å². The van der Waals surface area contributed by atoms with Crippen LogP contribution in [0.1, 0.15) is 49.5 Å². The summed E-state index contributed by atoms with van der Waals surface area (Å²) < 4.78 is 0. The maximum Gasteiger partial charge on any atom is 0.249 e. The molecule has 0 saturated carbocycles. The lowest BCUT2D eigenvalue weighted by atomic mass is 9.72. The molecule has 4 nitrogen and oxygen atoms in total. The molecule has 25 heavy (non-hydrogen) atoms. The van der Waals surface area contributed by atoms with Crippen molar-refractivity contribution >= 4 is 11.7 Å². The third-order valence-electron chi connectivity index (χ3n) is 6.12. The highest BCUT2D eigenvalue weighted by molar-refractivity contribution is 5.98. The lowest BCUT2D eigenvalue weighted by molar-refractivity contribution is -0.129. The van der Waals surface area contributed by atoms with Crippen molar-refractivity contribution < 1.29 is 9.59 Å². The van der Waals surface area contributed by atoms with E-state index in [-0.39, 0.29) is 29.1 Å². The molecule has 1 amide bonds. The van der Waals surface area contributed by atoms with Crippen molar-refractivity contribution in [2.24, 2.45) is 5.92 Å². The molecule has 3 rings (SSSR count). The van der Waals surface area contributed by atoms with Gasteiger partial charge in [-0.3, -0.25) is 9.59 Å². The number of nitrogens with zero attached hydrogens (tertiary/aromatic N) is 1. The molecule has 1 aromatic carbocycles. The van der Waals surface area contributed by atoms with Gasteiger partial charge < -0.3 is 10.2 Å². The smallest absolute Gasteiger partial charge is 0.249 e. The molecule has 2 heterocycles. The number of hydrogen-bond acceptors (Lipinski definition) is 3. The summed E-state index contributed by atoms with van der Waals surface area (Å²) in [5.41, 5.74) is 2.47. The summed E-state index contributed by atoms with van der Waals surface area (Å²) in [6.07, 6.45) is 3.91. The summed E-state index contributed by atoms with van der Waals surface area (Å²) in [4.78, 5) is 26.7. The highest BCUT2D eigenvalue weighted by Gasteiger charge is 2.40. The Morgan fingerprint density at radius 1 is 1.20 bits per heavy atom. The van der Waals surface area contributed by atoms with E-state index in [4.69, 9.17) is 0 Å². The Balaban J connectivity index is 1.86. The standard InChI is InChI=1S/C21H28N2O2/c1-14-13-21(3,15(2)23(4)20(14)25)18-7-5-16(6-8-18)19(24)17-9-11-22-12-10-17/h5-8,13,15,17,22H,9-12H2,1-4H3. The molecule has 1 saturated heterocycles. The molecular weight excluding hydrogens is 312 g/mol. The Labute approximate surface area is 150 Å². The highest BCUT2D eigenvalue weighted by Crippen LogP contribution is 2.37. The van der Waals surface area contributed by atoms with Gasteiger partial charge in [0.15, 0.2) is 5.78 Å². The molecule has 134 valence electrons. The summed E-state index contributed by atoms with van der Waals surface area (Å²) in [6, 6.07) is 8.08. The van der Waals surface area contributed by atoms with Crippen molar-refractivity contribution in [3.05, 3.63) is 47.0 Å². The van der Waals surface area contributed by atoms with E-state index in [9.17, 15) is 9.59 Å². The van der Waals surface area contributed by atoms with Gasteiger partial charge in [0, 0.05) is 35.6 Å². The van der Waals surface area contributed by atoms with E-state index in [1.165, 1.54) is 0 Å². The van der Waals surface area contributed by atoms with Gasteiger partial charge >= 0.3 is 0 Å². The molecule has 0 bridgehead atoms. The number of carbonyl (C=O) groups excluding carboxylic acids is 2. The van der Waals surface area contributed by atoms with Crippen LogP contribution in [0.5, 0.6) is 0 Å². The number of hydrogen-bond donors (Lipinski definition) is 1. The minimum absolute atomic E-state index is 0.0645. The van der Waals surface area contributed by atoms with Crippen LogP contribution in [0, 0.1) is 5.92 Å². The van der Waals surface area contributed by atoms with Gasteiger partial charge in [0.1, 0.15) is 0 Å². The number of amides is 1. The van der Waals surface area contributed by atoms with Gasteiger partial charge in [-0.05, 0) is 52.3 Å². The first-order valence-electron chi connectivity index (χ1n) is 9.16. The molecule has 0 aliphatic carbocycles. The fourth-order valence-electron chi connectivity index (χ4n) is 4.13. The molecule has 1 aromatic rings. The molecule has 2 aliphatic heterocycles. The number of piperidine rings is 1. The molecule has 2 aliphatic rings. The molecule has 0 aromatic heterocycles. The van der Waals surface area contributed by atoms with Crippen LogP contribution in [0.25, 0.3) is 0 Å². The Morgan fingerprint density at radius 2 is 1.80 bits per heavy atom. The zero-order valence-electron chi connectivity index (χ0n) is 15.6. The minimum Gasteiger partial charge on any atom is -0.338 e. The third kappa shape index (κ3) is 3.15. The minimum atomic E-state index is -0.247. The maximum atomic E-state index is 12.7. The second kappa shape index (κ2) is 6.75. The summed E-state index contributed by atoms with van der Waals surface area (Å²) in [7, 11) is 1.86. The van der Waals surface area contributed by atoms with Crippen LogP contribution < -0.4 is 5.32 Å². The van der Waals surface area contributed by atoms with Crippen LogP contribution in [-0.2, 0) is 10.2 Å². The van der Waals surface area contributed by atoms with Crippen molar-refractivity contribution in [2.75, 3.05) is 20.1 Å². The molecule has 4 heteroatoms. The highest BCUT2D eigenvalue weighted by atomic mass is 16.2. The quantitative estimate of drug-likeness (QED) is 0.861. The SMILES string of the molecule is CC1=CC(C)(c2ccc(C(=O)C3CCNCC3)cc2)C(C)N(C)C1=O. The fraction of sp³-hybridized carbons (Fsp3) is 0.524. The first kappa shape index (κ1) is 17.9. The van der Waals surface area contributed by atoms with Gasteiger partial charge in [0.05, 0.1) is 0 Å². The summed E-state index contributed by atoms with van der Waals surface area (Å²) >= 11 is 0. The first-order valence-corrected chi connectivity index (χ1v) is 9.16. The van der Waals surface area contributed by atoms with Crippen molar-refractivity contribution in [3.63, 3.8) is 0 Å². The molecule has 0 radical (unpaired) electrons. The van der Waals surface area contributed by atoms with Crippen LogP contribution >= 0.6 is 0 Å².